The molecule has 4 heterocycles. The van der Waals surface area contributed by atoms with Crippen molar-refractivity contribution in [3.05, 3.63) is 81.0 Å². The molecule has 0 fully saturated rings. The molecule has 0 unspecified atom stereocenters. The van der Waals surface area contributed by atoms with Gasteiger partial charge in [-0.3, -0.25) is 14.8 Å². The molecule has 1 aromatic carbocycles. The zero-order chi connectivity index (χ0) is 19.8. The first-order valence-electron chi connectivity index (χ1n) is 9.34. The monoisotopic (exact) mass is 407 g/mol. The predicted octanol–water partition coefficient (Wildman–Crippen LogP) is 3.59. The molecule has 0 saturated heterocycles. The van der Waals surface area contributed by atoms with E-state index in [1.165, 1.54) is 12.1 Å². The van der Waals surface area contributed by atoms with Crippen LogP contribution >= 0.6 is 11.3 Å². The van der Waals surface area contributed by atoms with Crippen LogP contribution in [0.4, 0.5) is 4.39 Å². The van der Waals surface area contributed by atoms with Gasteiger partial charge in [0, 0.05) is 37.2 Å². The molecule has 2 N–H and O–H groups in total. The maximum absolute atomic E-state index is 13.6. The highest BCUT2D eigenvalue weighted by Gasteiger charge is 2.23. The minimum absolute atomic E-state index is 0.0827. The third-order valence-electron chi connectivity index (χ3n) is 5.13. The maximum atomic E-state index is 13.6. The molecular formula is C21H18FN5OS. The molecule has 1 aliphatic heterocycles. The molecule has 0 amide bonds. The fraction of sp³-hybridized carbons (Fsp3) is 0.190. The molecule has 0 atom stereocenters. The second-order valence-electron chi connectivity index (χ2n) is 7.06. The van der Waals surface area contributed by atoms with Gasteiger partial charge in [0.2, 0.25) is 0 Å². The van der Waals surface area contributed by atoms with Gasteiger partial charge in [0.05, 0.1) is 28.0 Å². The number of nitrogens with one attached hydrogen (secondary N) is 2. The molecule has 0 aliphatic carbocycles. The first-order chi connectivity index (χ1) is 14.2. The van der Waals surface area contributed by atoms with Crippen LogP contribution < -0.4 is 5.56 Å². The van der Waals surface area contributed by atoms with Crippen molar-refractivity contribution >= 4 is 11.3 Å². The number of nitrogens with zero attached hydrogens (tertiary/aromatic N) is 3. The van der Waals surface area contributed by atoms with Crippen molar-refractivity contribution < 1.29 is 4.39 Å². The van der Waals surface area contributed by atoms with Gasteiger partial charge in [-0.05, 0) is 23.6 Å². The average molecular weight is 407 g/mol. The average Bonchev–Trinajstić information content (AvgIpc) is 3.40. The molecule has 4 aromatic rings. The highest BCUT2D eigenvalue weighted by atomic mass is 32.1. The van der Waals surface area contributed by atoms with Crippen molar-refractivity contribution in [2.45, 2.75) is 19.5 Å². The molecule has 0 radical (unpaired) electrons. The number of hydrogen-bond donors (Lipinski definition) is 2. The van der Waals surface area contributed by atoms with Gasteiger partial charge in [0.1, 0.15) is 5.82 Å². The number of fused-ring (bicyclic) bond motifs is 1. The summed E-state index contributed by atoms with van der Waals surface area (Å²) in [6, 6.07) is 10.4. The summed E-state index contributed by atoms with van der Waals surface area (Å²) in [5.74, 6) is 0.356. The van der Waals surface area contributed by atoms with Crippen LogP contribution in [0.1, 0.15) is 16.8 Å². The predicted molar refractivity (Wildman–Crippen MR) is 110 cm³/mol. The van der Waals surface area contributed by atoms with Gasteiger partial charge < -0.3 is 4.98 Å². The standard InChI is InChI=1S/C21H18FN5OS/c22-15-4-1-3-13(9-15)19-14(10-23-26-19)11-27-7-6-17-16(12-27)21(28)25-20(24-17)18-5-2-8-29-18/h1-5,8-10H,6-7,11-12H2,(H,23,26)(H,24,25,28). The van der Waals surface area contributed by atoms with E-state index in [2.05, 4.69) is 20.1 Å². The number of aromatic nitrogens is 4. The van der Waals surface area contributed by atoms with Crippen LogP contribution in [0.3, 0.4) is 0 Å². The minimum atomic E-state index is -0.283. The van der Waals surface area contributed by atoms with Gasteiger partial charge in [-0.25, -0.2) is 9.37 Å². The summed E-state index contributed by atoms with van der Waals surface area (Å²) in [6.07, 6.45) is 2.48. The summed E-state index contributed by atoms with van der Waals surface area (Å²) in [6.45, 7) is 1.94. The molecule has 29 heavy (non-hydrogen) atoms. The topological polar surface area (TPSA) is 77.7 Å². The van der Waals surface area contributed by atoms with Crippen LogP contribution in [0.25, 0.3) is 22.0 Å². The molecule has 146 valence electrons. The molecule has 6 nitrogen and oxygen atoms in total. The number of halogens is 1. The third kappa shape index (κ3) is 3.52. The molecule has 0 spiro atoms. The van der Waals surface area contributed by atoms with Crippen molar-refractivity contribution in [3.63, 3.8) is 0 Å². The van der Waals surface area contributed by atoms with Crippen LogP contribution in [-0.2, 0) is 19.5 Å². The van der Waals surface area contributed by atoms with Crippen LogP contribution in [0.5, 0.6) is 0 Å². The van der Waals surface area contributed by atoms with E-state index in [0.29, 0.717) is 30.9 Å². The highest BCUT2D eigenvalue weighted by Crippen LogP contribution is 2.26. The quantitative estimate of drug-likeness (QED) is 0.542. The van der Waals surface area contributed by atoms with Crippen LogP contribution in [-0.4, -0.2) is 31.6 Å². The van der Waals surface area contributed by atoms with Gasteiger partial charge in [-0.1, -0.05) is 18.2 Å². The Kier molecular flexibility index (Phi) is 4.57. The lowest BCUT2D eigenvalue weighted by Crippen LogP contribution is -2.35. The molecule has 1 aliphatic rings. The lowest BCUT2D eigenvalue weighted by atomic mass is 10.0. The summed E-state index contributed by atoms with van der Waals surface area (Å²) in [4.78, 5) is 23.4. The van der Waals surface area contributed by atoms with Gasteiger partial charge in [0.15, 0.2) is 5.82 Å². The van der Waals surface area contributed by atoms with Gasteiger partial charge in [-0.15, -0.1) is 11.3 Å². The molecular weight excluding hydrogens is 389 g/mol. The Balaban J connectivity index is 1.39. The number of rotatable bonds is 4. The van der Waals surface area contributed by atoms with E-state index in [9.17, 15) is 9.18 Å². The van der Waals surface area contributed by atoms with E-state index in [1.54, 1.807) is 23.6 Å². The summed E-state index contributed by atoms with van der Waals surface area (Å²) in [5, 5.41) is 9.08. The zero-order valence-electron chi connectivity index (χ0n) is 15.5. The summed E-state index contributed by atoms with van der Waals surface area (Å²) in [5.41, 5.74) is 4.03. The second-order valence-corrected chi connectivity index (χ2v) is 8.01. The summed E-state index contributed by atoms with van der Waals surface area (Å²) >= 11 is 1.56. The first kappa shape index (κ1) is 18.0. The summed E-state index contributed by atoms with van der Waals surface area (Å²) < 4.78 is 13.6. The smallest absolute Gasteiger partial charge is 0.255 e. The van der Waals surface area contributed by atoms with Crippen molar-refractivity contribution in [2.24, 2.45) is 0 Å². The first-order valence-corrected chi connectivity index (χ1v) is 10.2. The normalized spacial score (nSPS) is 14.1. The van der Waals surface area contributed by atoms with Crippen LogP contribution in [0, 0.1) is 5.82 Å². The van der Waals surface area contributed by atoms with E-state index in [4.69, 9.17) is 4.98 Å². The van der Waals surface area contributed by atoms with Crippen molar-refractivity contribution in [3.8, 4) is 22.0 Å². The van der Waals surface area contributed by atoms with Crippen LogP contribution in [0.15, 0.2) is 52.8 Å². The van der Waals surface area contributed by atoms with E-state index in [-0.39, 0.29) is 11.4 Å². The Morgan fingerprint density at radius 3 is 3.00 bits per heavy atom. The van der Waals surface area contributed by atoms with E-state index in [0.717, 1.165) is 33.9 Å². The number of hydrogen-bond acceptors (Lipinski definition) is 5. The second kappa shape index (κ2) is 7.38. The van der Waals surface area contributed by atoms with E-state index < -0.39 is 0 Å². The van der Waals surface area contributed by atoms with Gasteiger partial charge >= 0.3 is 0 Å². The molecule has 0 bridgehead atoms. The van der Waals surface area contributed by atoms with Crippen LogP contribution in [0.2, 0.25) is 0 Å². The minimum Gasteiger partial charge on any atom is -0.306 e. The SMILES string of the molecule is O=c1[nH]c(-c2cccs2)nc2c1CN(Cc1cn[nH]c1-c1cccc(F)c1)CC2. The zero-order valence-corrected chi connectivity index (χ0v) is 16.3. The Morgan fingerprint density at radius 2 is 2.17 bits per heavy atom. The molecule has 5 rings (SSSR count). The van der Waals surface area contributed by atoms with E-state index >= 15 is 0 Å². The number of benzene rings is 1. The fourth-order valence-electron chi connectivity index (χ4n) is 3.71. The Morgan fingerprint density at radius 1 is 1.24 bits per heavy atom. The molecule has 8 heteroatoms. The third-order valence-corrected chi connectivity index (χ3v) is 6.00. The van der Waals surface area contributed by atoms with Crippen molar-refractivity contribution in [1.29, 1.82) is 0 Å². The van der Waals surface area contributed by atoms with Gasteiger partial charge in [-0.2, -0.15) is 5.10 Å². The fourth-order valence-corrected chi connectivity index (χ4v) is 4.38. The maximum Gasteiger partial charge on any atom is 0.255 e. The Labute approximate surface area is 170 Å². The lowest BCUT2D eigenvalue weighted by Gasteiger charge is -2.27. The van der Waals surface area contributed by atoms with Crippen molar-refractivity contribution in [1.82, 2.24) is 25.1 Å². The number of thiophene rings is 1. The van der Waals surface area contributed by atoms with Gasteiger partial charge in [0.25, 0.3) is 5.56 Å². The Hall–Kier alpha value is -3.10. The lowest BCUT2D eigenvalue weighted by molar-refractivity contribution is 0.242. The largest absolute Gasteiger partial charge is 0.306 e. The molecule has 3 aromatic heterocycles. The highest BCUT2D eigenvalue weighted by molar-refractivity contribution is 7.13. The van der Waals surface area contributed by atoms with E-state index in [1.807, 2.05) is 23.6 Å². The molecule has 0 saturated carbocycles. The summed E-state index contributed by atoms with van der Waals surface area (Å²) in [7, 11) is 0. The van der Waals surface area contributed by atoms with Crippen molar-refractivity contribution in [2.75, 3.05) is 6.54 Å². The number of H-pyrrole nitrogens is 2. The Bertz CT molecular complexity index is 1210. The number of aromatic amines is 2.